The Labute approximate surface area is 150 Å². The SMILES string of the molecule is NC(=O)c1ccc(OCC(=O)N2CCNCC2c2cccc(F)c2)cc1. The van der Waals surface area contributed by atoms with E-state index in [0.29, 0.717) is 30.9 Å². The fourth-order valence-corrected chi connectivity index (χ4v) is 2.96. The second-order valence-corrected chi connectivity index (χ2v) is 6.04. The molecule has 1 aliphatic heterocycles. The fourth-order valence-electron chi connectivity index (χ4n) is 2.96. The number of ether oxygens (including phenoxy) is 1. The number of nitrogens with zero attached hydrogens (tertiary/aromatic N) is 1. The van der Waals surface area contributed by atoms with Crippen LogP contribution >= 0.6 is 0 Å². The van der Waals surface area contributed by atoms with Crippen molar-refractivity contribution in [2.45, 2.75) is 6.04 Å². The third-order valence-electron chi connectivity index (χ3n) is 4.30. The van der Waals surface area contributed by atoms with Crippen LogP contribution in [0.25, 0.3) is 0 Å². The molecule has 1 heterocycles. The van der Waals surface area contributed by atoms with Gasteiger partial charge in [-0.2, -0.15) is 0 Å². The summed E-state index contributed by atoms with van der Waals surface area (Å²) in [6, 6.07) is 12.3. The van der Waals surface area contributed by atoms with Crippen molar-refractivity contribution in [2.75, 3.05) is 26.2 Å². The monoisotopic (exact) mass is 357 g/mol. The van der Waals surface area contributed by atoms with Crippen molar-refractivity contribution in [3.8, 4) is 5.75 Å². The zero-order valence-electron chi connectivity index (χ0n) is 14.2. The largest absolute Gasteiger partial charge is 0.484 e. The number of carbonyl (C=O) groups excluding carboxylic acids is 2. The van der Waals surface area contributed by atoms with E-state index >= 15 is 0 Å². The van der Waals surface area contributed by atoms with Crippen LogP contribution in [0.4, 0.5) is 4.39 Å². The molecule has 26 heavy (non-hydrogen) atoms. The van der Waals surface area contributed by atoms with E-state index in [1.807, 2.05) is 6.07 Å². The van der Waals surface area contributed by atoms with Gasteiger partial charge in [-0.1, -0.05) is 12.1 Å². The molecule has 6 nitrogen and oxygen atoms in total. The van der Waals surface area contributed by atoms with E-state index in [9.17, 15) is 14.0 Å². The second-order valence-electron chi connectivity index (χ2n) is 6.04. The predicted octanol–water partition coefficient (Wildman–Crippen LogP) is 1.48. The molecule has 1 fully saturated rings. The van der Waals surface area contributed by atoms with Crippen LogP contribution in [-0.2, 0) is 4.79 Å². The molecule has 3 N–H and O–H groups in total. The van der Waals surface area contributed by atoms with Gasteiger partial charge >= 0.3 is 0 Å². The molecule has 1 aliphatic rings. The van der Waals surface area contributed by atoms with Gasteiger partial charge in [0, 0.05) is 25.2 Å². The first kappa shape index (κ1) is 17.9. The number of benzene rings is 2. The summed E-state index contributed by atoms with van der Waals surface area (Å²) in [5.41, 5.74) is 6.31. The zero-order chi connectivity index (χ0) is 18.5. The maximum absolute atomic E-state index is 13.5. The molecule has 3 rings (SSSR count). The Kier molecular flexibility index (Phi) is 5.48. The summed E-state index contributed by atoms with van der Waals surface area (Å²) in [4.78, 5) is 25.4. The summed E-state index contributed by atoms with van der Waals surface area (Å²) in [7, 11) is 0. The third kappa shape index (κ3) is 4.18. The minimum Gasteiger partial charge on any atom is -0.484 e. The topological polar surface area (TPSA) is 84.7 Å². The van der Waals surface area contributed by atoms with Crippen LogP contribution < -0.4 is 15.8 Å². The number of halogens is 1. The van der Waals surface area contributed by atoms with Crippen molar-refractivity contribution in [1.29, 1.82) is 0 Å². The van der Waals surface area contributed by atoms with Gasteiger partial charge < -0.3 is 20.7 Å². The van der Waals surface area contributed by atoms with E-state index in [1.165, 1.54) is 12.1 Å². The second kappa shape index (κ2) is 7.97. The normalized spacial score (nSPS) is 17.0. The number of piperazine rings is 1. The Morgan fingerprint density at radius 2 is 2.00 bits per heavy atom. The summed E-state index contributed by atoms with van der Waals surface area (Å²) in [5, 5.41) is 3.23. The molecule has 0 aliphatic carbocycles. The molecule has 7 heteroatoms. The Morgan fingerprint density at radius 1 is 1.23 bits per heavy atom. The molecule has 2 amide bonds. The number of carbonyl (C=O) groups is 2. The number of nitrogens with two attached hydrogens (primary N) is 1. The lowest BCUT2D eigenvalue weighted by Crippen LogP contribution is -2.50. The number of hydrogen-bond acceptors (Lipinski definition) is 4. The van der Waals surface area contributed by atoms with Crippen LogP contribution in [0.5, 0.6) is 5.75 Å². The maximum atomic E-state index is 13.5. The van der Waals surface area contributed by atoms with Gasteiger partial charge in [0.05, 0.1) is 6.04 Å². The predicted molar refractivity (Wildman–Crippen MR) is 94.2 cm³/mol. The lowest BCUT2D eigenvalue weighted by molar-refractivity contribution is -0.136. The lowest BCUT2D eigenvalue weighted by Gasteiger charge is -2.36. The smallest absolute Gasteiger partial charge is 0.261 e. The van der Waals surface area contributed by atoms with Crippen molar-refractivity contribution in [3.05, 3.63) is 65.5 Å². The average Bonchev–Trinajstić information content (AvgIpc) is 2.66. The van der Waals surface area contributed by atoms with Gasteiger partial charge in [-0.25, -0.2) is 4.39 Å². The highest BCUT2D eigenvalue weighted by atomic mass is 19.1. The molecule has 0 saturated carbocycles. The van der Waals surface area contributed by atoms with E-state index in [0.717, 1.165) is 5.56 Å². The molecule has 0 radical (unpaired) electrons. The van der Waals surface area contributed by atoms with E-state index in [1.54, 1.807) is 35.2 Å². The molecule has 2 aromatic rings. The van der Waals surface area contributed by atoms with Gasteiger partial charge in [-0.05, 0) is 42.0 Å². The Hall–Kier alpha value is -2.93. The molecule has 1 atom stereocenters. The fraction of sp³-hybridized carbons (Fsp3) is 0.263. The number of amides is 2. The summed E-state index contributed by atoms with van der Waals surface area (Å²) in [6.07, 6.45) is 0. The van der Waals surface area contributed by atoms with Gasteiger partial charge in [0.1, 0.15) is 11.6 Å². The number of nitrogens with one attached hydrogen (secondary N) is 1. The van der Waals surface area contributed by atoms with Gasteiger partial charge in [0.15, 0.2) is 6.61 Å². The molecular weight excluding hydrogens is 337 g/mol. The van der Waals surface area contributed by atoms with Crippen molar-refractivity contribution >= 4 is 11.8 Å². The van der Waals surface area contributed by atoms with Crippen LogP contribution in [0.2, 0.25) is 0 Å². The van der Waals surface area contributed by atoms with Crippen LogP contribution in [0.3, 0.4) is 0 Å². The molecule has 136 valence electrons. The first-order chi connectivity index (χ1) is 12.5. The molecule has 0 aromatic heterocycles. The van der Waals surface area contributed by atoms with E-state index in [-0.39, 0.29) is 24.4 Å². The van der Waals surface area contributed by atoms with E-state index in [4.69, 9.17) is 10.5 Å². The van der Waals surface area contributed by atoms with Gasteiger partial charge in [0.25, 0.3) is 5.91 Å². The molecule has 1 unspecified atom stereocenters. The number of hydrogen-bond donors (Lipinski definition) is 2. The molecule has 1 saturated heterocycles. The summed E-state index contributed by atoms with van der Waals surface area (Å²) in [6.45, 7) is 1.61. The lowest BCUT2D eigenvalue weighted by atomic mass is 10.0. The Morgan fingerprint density at radius 3 is 2.69 bits per heavy atom. The molecule has 2 aromatic carbocycles. The van der Waals surface area contributed by atoms with Crippen molar-refractivity contribution in [3.63, 3.8) is 0 Å². The Balaban J connectivity index is 1.66. The summed E-state index contributed by atoms with van der Waals surface area (Å²) >= 11 is 0. The quantitative estimate of drug-likeness (QED) is 0.849. The van der Waals surface area contributed by atoms with Crippen molar-refractivity contribution in [1.82, 2.24) is 10.2 Å². The van der Waals surface area contributed by atoms with Crippen molar-refractivity contribution < 1.29 is 18.7 Å². The minimum absolute atomic E-state index is 0.137. The molecular formula is C19H20FN3O3. The highest BCUT2D eigenvalue weighted by molar-refractivity contribution is 5.92. The van der Waals surface area contributed by atoms with E-state index < -0.39 is 5.91 Å². The maximum Gasteiger partial charge on any atom is 0.261 e. The first-order valence-electron chi connectivity index (χ1n) is 8.33. The van der Waals surface area contributed by atoms with Crippen LogP contribution in [0.15, 0.2) is 48.5 Å². The van der Waals surface area contributed by atoms with E-state index in [2.05, 4.69) is 5.32 Å². The first-order valence-corrected chi connectivity index (χ1v) is 8.33. The van der Waals surface area contributed by atoms with Gasteiger partial charge in [-0.15, -0.1) is 0 Å². The van der Waals surface area contributed by atoms with Crippen LogP contribution in [0.1, 0.15) is 22.0 Å². The molecule has 0 bridgehead atoms. The highest BCUT2D eigenvalue weighted by Gasteiger charge is 2.28. The van der Waals surface area contributed by atoms with Crippen LogP contribution in [-0.4, -0.2) is 43.0 Å². The Bertz CT molecular complexity index is 795. The van der Waals surface area contributed by atoms with Gasteiger partial charge in [-0.3, -0.25) is 9.59 Å². The summed E-state index contributed by atoms with van der Waals surface area (Å²) in [5.74, 6) is -0.557. The van der Waals surface area contributed by atoms with Gasteiger partial charge in [0.2, 0.25) is 5.91 Å². The number of rotatable bonds is 5. The average molecular weight is 357 g/mol. The van der Waals surface area contributed by atoms with Crippen molar-refractivity contribution in [2.24, 2.45) is 5.73 Å². The highest BCUT2D eigenvalue weighted by Crippen LogP contribution is 2.23. The summed E-state index contributed by atoms with van der Waals surface area (Å²) < 4.78 is 19.1. The zero-order valence-corrected chi connectivity index (χ0v) is 14.2. The number of primary amides is 1. The molecule has 0 spiro atoms. The minimum atomic E-state index is -0.522. The van der Waals surface area contributed by atoms with Crippen LogP contribution in [0, 0.1) is 5.82 Å². The standard InChI is InChI=1S/C19H20FN3O3/c20-15-3-1-2-14(10-15)17-11-22-8-9-23(17)18(24)12-26-16-6-4-13(5-7-16)19(21)25/h1-7,10,17,22H,8-9,11-12H2,(H2,21,25). The third-order valence-corrected chi connectivity index (χ3v) is 4.30.